The van der Waals surface area contributed by atoms with E-state index in [-0.39, 0.29) is 17.1 Å². The summed E-state index contributed by atoms with van der Waals surface area (Å²) in [5.74, 6) is 0.806. The summed E-state index contributed by atoms with van der Waals surface area (Å²) < 4.78 is 32.1. The smallest absolute Gasteiger partial charge is 0.270 e. The van der Waals surface area contributed by atoms with Crippen molar-refractivity contribution < 1.29 is 18.1 Å². The van der Waals surface area contributed by atoms with Gasteiger partial charge in [0, 0.05) is 31.8 Å². The van der Waals surface area contributed by atoms with Crippen LogP contribution in [0, 0.1) is 10.1 Å². The lowest BCUT2D eigenvalue weighted by atomic mass is 10.2. The maximum atomic E-state index is 12.2. The Hall–Kier alpha value is -2.49. The summed E-state index contributed by atoms with van der Waals surface area (Å²) in [5.41, 5.74) is 0.788. The molecule has 9 heteroatoms. The second kappa shape index (κ2) is 9.27. The lowest BCUT2D eigenvalue weighted by Gasteiger charge is -2.09. The molecular formula is C17H21N3O5S. The van der Waals surface area contributed by atoms with Crippen LogP contribution in [0.1, 0.15) is 12.5 Å². The first-order valence-electron chi connectivity index (χ1n) is 8.09. The van der Waals surface area contributed by atoms with Gasteiger partial charge >= 0.3 is 0 Å². The number of ether oxygens (including phenoxy) is 1. The predicted molar refractivity (Wildman–Crippen MR) is 97.6 cm³/mol. The zero-order valence-electron chi connectivity index (χ0n) is 14.3. The van der Waals surface area contributed by atoms with Crippen molar-refractivity contribution in [3.63, 3.8) is 0 Å². The topological polar surface area (TPSA) is 111 Å². The number of nitrogens with zero attached hydrogens (tertiary/aromatic N) is 1. The fourth-order valence-corrected chi connectivity index (χ4v) is 3.30. The van der Waals surface area contributed by atoms with Gasteiger partial charge in [-0.25, -0.2) is 13.1 Å². The molecule has 0 spiro atoms. The number of sulfonamides is 1. The van der Waals surface area contributed by atoms with Crippen LogP contribution in [0.5, 0.6) is 5.75 Å². The van der Waals surface area contributed by atoms with Crippen LogP contribution < -0.4 is 14.8 Å². The van der Waals surface area contributed by atoms with Gasteiger partial charge in [0.1, 0.15) is 5.75 Å². The first-order valence-corrected chi connectivity index (χ1v) is 9.57. The molecule has 0 aromatic heterocycles. The van der Waals surface area contributed by atoms with E-state index in [1.165, 1.54) is 18.2 Å². The van der Waals surface area contributed by atoms with Crippen LogP contribution in [0.3, 0.4) is 0 Å². The molecular weight excluding hydrogens is 358 g/mol. The summed E-state index contributed by atoms with van der Waals surface area (Å²) in [6.07, 6.45) is 0. The molecule has 0 heterocycles. The molecule has 0 aliphatic carbocycles. The average molecular weight is 379 g/mol. The number of non-ortho nitro benzene ring substituents is 1. The summed E-state index contributed by atoms with van der Waals surface area (Å²) in [6.45, 7) is 3.71. The molecule has 0 aliphatic heterocycles. The van der Waals surface area contributed by atoms with E-state index >= 15 is 0 Å². The van der Waals surface area contributed by atoms with Crippen LogP contribution >= 0.6 is 0 Å². The molecule has 2 aromatic carbocycles. The van der Waals surface area contributed by atoms with Gasteiger partial charge in [-0.1, -0.05) is 18.2 Å². The lowest BCUT2D eigenvalue weighted by molar-refractivity contribution is -0.385. The van der Waals surface area contributed by atoms with Crippen molar-refractivity contribution in [2.45, 2.75) is 18.4 Å². The molecule has 0 bridgehead atoms. The van der Waals surface area contributed by atoms with E-state index in [4.69, 9.17) is 4.74 Å². The highest BCUT2D eigenvalue weighted by Gasteiger charge is 2.16. The third-order valence-corrected chi connectivity index (χ3v) is 4.95. The standard InChI is InChI=1S/C17H21N3O5S/c1-2-25-16-8-6-14(7-9-16)13-18-10-11-19-26(23,24)17-5-3-4-15(12-17)20(21)22/h3-9,12,18-19H,2,10-11,13H2,1H3. The SMILES string of the molecule is CCOc1ccc(CNCCNS(=O)(=O)c2cccc([N+](=O)[O-])c2)cc1. The molecule has 8 nitrogen and oxygen atoms in total. The number of hydrogen-bond acceptors (Lipinski definition) is 6. The highest BCUT2D eigenvalue weighted by atomic mass is 32.2. The lowest BCUT2D eigenvalue weighted by Crippen LogP contribution is -2.31. The van der Waals surface area contributed by atoms with E-state index in [0.29, 0.717) is 19.7 Å². The fraction of sp³-hybridized carbons (Fsp3) is 0.294. The van der Waals surface area contributed by atoms with Crippen LogP contribution in [0.25, 0.3) is 0 Å². The third kappa shape index (κ3) is 5.80. The average Bonchev–Trinajstić information content (AvgIpc) is 2.63. The fourth-order valence-electron chi connectivity index (χ4n) is 2.22. The summed E-state index contributed by atoms with van der Waals surface area (Å²) in [5, 5.41) is 13.9. The molecule has 0 amide bonds. The Morgan fingerprint density at radius 1 is 1.12 bits per heavy atom. The predicted octanol–water partition coefficient (Wildman–Crippen LogP) is 2.06. The molecule has 0 atom stereocenters. The zero-order chi connectivity index (χ0) is 19.0. The number of hydrogen-bond donors (Lipinski definition) is 2. The number of nitro groups is 1. The summed E-state index contributed by atoms with van der Waals surface area (Å²) in [4.78, 5) is 9.99. The largest absolute Gasteiger partial charge is 0.494 e. The minimum Gasteiger partial charge on any atom is -0.494 e. The summed E-state index contributed by atoms with van der Waals surface area (Å²) in [6, 6.07) is 12.6. The van der Waals surface area contributed by atoms with Gasteiger partial charge in [0.2, 0.25) is 10.0 Å². The first-order chi connectivity index (χ1) is 12.4. The van der Waals surface area contributed by atoms with E-state index in [0.717, 1.165) is 17.4 Å². The molecule has 2 rings (SSSR count). The number of nitro benzene ring substituents is 1. The van der Waals surface area contributed by atoms with Crippen LogP contribution in [-0.2, 0) is 16.6 Å². The van der Waals surface area contributed by atoms with E-state index in [1.807, 2.05) is 31.2 Å². The Morgan fingerprint density at radius 3 is 2.50 bits per heavy atom. The summed E-state index contributed by atoms with van der Waals surface area (Å²) in [7, 11) is -3.78. The minimum atomic E-state index is -3.78. The van der Waals surface area contributed by atoms with Gasteiger partial charge in [-0.05, 0) is 30.7 Å². The third-order valence-electron chi connectivity index (χ3n) is 3.50. The first kappa shape index (κ1) is 19.8. The molecule has 0 saturated carbocycles. The van der Waals surface area contributed by atoms with E-state index in [1.54, 1.807) is 0 Å². The van der Waals surface area contributed by atoms with Gasteiger partial charge in [-0.2, -0.15) is 0 Å². The van der Waals surface area contributed by atoms with Crippen molar-refractivity contribution in [3.05, 3.63) is 64.2 Å². The van der Waals surface area contributed by atoms with Crippen LogP contribution in [0.4, 0.5) is 5.69 Å². The Bertz CT molecular complexity index is 838. The molecule has 0 fully saturated rings. The summed E-state index contributed by atoms with van der Waals surface area (Å²) >= 11 is 0. The molecule has 140 valence electrons. The van der Waals surface area contributed by atoms with Crippen molar-refractivity contribution in [1.82, 2.24) is 10.0 Å². The van der Waals surface area contributed by atoms with Gasteiger partial charge in [-0.3, -0.25) is 10.1 Å². The van der Waals surface area contributed by atoms with Gasteiger partial charge in [-0.15, -0.1) is 0 Å². The van der Waals surface area contributed by atoms with Crippen molar-refractivity contribution in [3.8, 4) is 5.75 Å². The van der Waals surface area contributed by atoms with E-state index < -0.39 is 14.9 Å². The Morgan fingerprint density at radius 2 is 1.85 bits per heavy atom. The maximum absolute atomic E-state index is 12.2. The van der Waals surface area contributed by atoms with Crippen LogP contribution in [-0.4, -0.2) is 33.0 Å². The van der Waals surface area contributed by atoms with Crippen molar-refractivity contribution in [1.29, 1.82) is 0 Å². The quantitative estimate of drug-likeness (QED) is 0.371. The van der Waals surface area contributed by atoms with Crippen molar-refractivity contribution in [2.24, 2.45) is 0 Å². The highest BCUT2D eigenvalue weighted by Crippen LogP contribution is 2.17. The molecule has 0 aliphatic rings. The van der Waals surface area contributed by atoms with Crippen molar-refractivity contribution in [2.75, 3.05) is 19.7 Å². The van der Waals surface area contributed by atoms with Gasteiger partial charge in [0.25, 0.3) is 5.69 Å². The molecule has 0 unspecified atom stereocenters. The second-order valence-corrected chi connectivity index (χ2v) is 7.17. The van der Waals surface area contributed by atoms with Gasteiger partial charge in [0.05, 0.1) is 16.4 Å². The van der Waals surface area contributed by atoms with E-state index in [2.05, 4.69) is 10.0 Å². The Kier molecular flexibility index (Phi) is 7.07. The Balaban J connectivity index is 1.79. The minimum absolute atomic E-state index is 0.127. The maximum Gasteiger partial charge on any atom is 0.270 e. The number of nitrogens with one attached hydrogen (secondary N) is 2. The molecule has 26 heavy (non-hydrogen) atoms. The molecule has 0 saturated heterocycles. The van der Waals surface area contributed by atoms with E-state index in [9.17, 15) is 18.5 Å². The highest BCUT2D eigenvalue weighted by molar-refractivity contribution is 7.89. The van der Waals surface area contributed by atoms with Gasteiger partial charge < -0.3 is 10.1 Å². The van der Waals surface area contributed by atoms with Crippen molar-refractivity contribution >= 4 is 15.7 Å². The number of rotatable bonds is 10. The molecule has 2 N–H and O–H groups in total. The van der Waals surface area contributed by atoms with Gasteiger partial charge in [0.15, 0.2) is 0 Å². The van der Waals surface area contributed by atoms with Crippen LogP contribution in [0.15, 0.2) is 53.4 Å². The monoisotopic (exact) mass is 379 g/mol. The molecule has 2 aromatic rings. The second-order valence-electron chi connectivity index (χ2n) is 5.41. The molecule has 0 radical (unpaired) electrons. The Labute approximate surface area is 152 Å². The normalized spacial score (nSPS) is 11.3. The van der Waals surface area contributed by atoms with Crippen LogP contribution in [0.2, 0.25) is 0 Å². The zero-order valence-corrected chi connectivity index (χ0v) is 15.2. The number of benzene rings is 2.